The van der Waals surface area contributed by atoms with E-state index in [9.17, 15) is 4.79 Å². The number of nitrogens with one attached hydrogen (secondary N) is 4. The van der Waals surface area contributed by atoms with Crippen molar-refractivity contribution in [3.63, 3.8) is 0 Å². The van der Waals surface area contributed by atoms with Crippen LogP contribution in [-0.2, 0) is 4.79 Å². The molecule has 0 bridgehead atoms. The zero-order chi connectivity index (χ0) is 17.3. The number of carbonyl (C=O) groups excluding carboxylic acids is 1. The van der Waals surface area contributed by atoms with E-state index in [-0.39, 0.29) is 11.8 Å². The molecule has 4 N–H and O–H groups in total. The van der Waals surface area contributed by atoms with Gasteiger partial charge < -0.3 is 21.4 Å². The van der Waals surface area contributed by atoms with E-state index in [1.807, 2.05) is 45.2 Å². The van der Waals surface area contributed by atoms with Gasteiger partial charge in [-0.15, -0.1) is 0 Å². The lowest BCUT2D eigenvalue weighted by Gasteiger charge is -2.30. The number of fused-ring (bicyclic) bond motifs is 1. The number of para-hydroxylation sites is 1. The molecule has 1 aromatic carbocycles. The monoisotopic (exact) mass is 328 g/mol. The minimum Gasteiger partial charge on any atom is -0.388 e. The van der Waals surface area contributed by atoms with Gasteiger partial charge in [-0.3, -0.25) is 4.79 Å². The minimum atomic E-state index is -0.694. The van der Waals surface area contributed by atoms with Gasteiger partial charge in [0.25, 0.3) is 0 Å². The summed E-state index contributed by atoms with van der Waals surface area (Å²) in [5.74, 6) is 1.48. The van der Waals surface area contributed by atoms with E-state index < -0.39 is 5.54 Å². The maximum absolute atomic E-state index is 12.7. The predicted octanol–water partition coefficient (Wildman–Crippen LogP) is 2.24. The van der Waals surface area contributed by atoms with Crippen molar-refractivity contribution in [1.82, 2.24) is 10.6 Å². The molecule has 2 aliphatic rings. The molecule has 1 aliphatic carbocycles. The van der Waals surface area contributed by atoms with E-state index in [0.29, 0.717) is 17.5 Å². The molecule has 0 radical (unpaired) electrons. The summed E-state index contributed by atoms with van der Waals surface area (Å²) in [7, 11) is 1.85. The average molecular weight is 328 g/mol. The molecule has 5 heteroatoms. The van der Waals surface area contributed by atoms with Gasteiger partial charge in [-0.25, -0.2) is 0 Å². The molecular formula is C19H28N4O. The summed E-state index contributed by atoms with van der Waals surface area (Å²) in [5, 5.41) is 18.3. The minimum absolute atomic E-state index is 0.0914. The maximum atomic E-state index is 12.7. The van der Waals surface area contributed by atoms with Crippen molar-refractivity contribution in [2.75, 3.05) is 25.5 Å². The lowest BCUT2D eigenvalue weighted by molar-refractivity contribution is -0.126. The third-order valence-electron chi connectivity index (χ3n) is 5.55. The van der Waals surface area contributed by atoms with Gasteiger partial charge in [-0.05, 0) is 57.7 Å². The fourth-order valence-electron chi connectivity index (χ4n) is 4.11. The topological polar surface area (TPSA) is 77.0 Å². The lowest BCUT2D eigenvalue weighted by atomic mass is 9.90. The van der Waals surface area contributed by atoms with E-state index in [2.05, 4.69) is 16.0 Å². The Morgan fingerprint density at radius 3 is 2.46 bits per heavy atom. The molecule has 0 aromatic heterocycles. The van der Waals surface area contributed by atoms with E-state index >= 15 is 0 Å². The summed E-state index contributed by atoms with van der Waals surface area (Å²) in [6.45, 7) is 5.92. The highest BCUT2D eigenvalue weighted by Crippen LogP contribution is 2.38. The highest BCUT2D eigenvalue weighted by atomic mass is 16.2. The Kier molecular flexibility index (Phi) is 4.63. The number of hydrogen-bond donors (Lipinski definition) is 4. The predicted molar refractivity (Wildman–Crippen MR) is 97.6 cm³/mol. The average Bonchev–Trinajstić information content (AvgIpc) is 3.15. The Morgan fingerprint density at radius 1 is 1.21 bits per heavy atom. The molecular weight excluding hydrogens is 300 g/mol. The summed E-state index contributed by atoms with van der Waals surface area (Å²) in [4.78, 5) is 12.7. The van der Waals surface area contributed by atoms with Gasteiger partial charge in [-0.1, -0.05) is 18.2 Å². The zero-order valence-electron chi connectivity index (χ0n) is 14.8. The molecule has 1 aromatic rings. The third kappa shape index (κ3) is 3.18. The molecule has 1 unspecified atom stereocenters. The van der Waals surface area contributed by atoms with Crippen LogP contribution in [0.2, 0.25) is 0 Å². The van der Waals surface area contributed by atoms with E-state index in [1.54, 1.807) is 0 Å². The Hall–Kier alpha value is -1.88. The Labute approximate surface area is 144 Å². The van der Waals surface area contributed by atoms with Crippen molar-refractivity contribution in [2.24, 2.45) is 17.8 Å². The highest BCUT2D eigenvalue weighted by Gasteiger charge is 2.41. The van der Waals surface area contributed by atoms with Gasteiger partial charge in [0.05, 0.1) is 11.3 Å². The first-order valence-electron chi connectivity index (χ1n) is 8.81. The van der Waals surface area contributed by atoms with Gasteiger partial charge in [0.2, 0.25) is 5.91 Å². The number of rotatable bonds is 5. The molecule has 1 amide bonds. The van der Waals surface area contributed by atoms with Crippen molar-refractivity contribution < 1.29 is 4.79 Å². The zero-order valence-corrected chi connectivity index (χ0v) is 14.8. The number of benzene rings is 1. The summed E-state index contributed by atoms with van der Waals surface area (Å²) in [5.41, 5.74) is 1.48. The first-order valence-corrected chi connectivity index (χ1v) is 8.81. The largest absolute Gasteiger partial charge is 0.388 e. The molecule has 1 saturated carbocycles. The van der Waals surface area contributed by atoms with Crippen LogP contribution in [-0.4, -0.2) is 37.3 Å². The van der Waals surface area contributed by atoms with Gasteiger partial charge >= 0.3 is 0 Å². The maximum Gasteiger partial charge on any atom is 0.223 e. The van der Waals surface area contributed by atoms with Crippen LogP contribution >= 0.6 is 0 Å². The molecule has 2 fully saturated rings. The van der Waals surface area contributed by atoms with Gasteiger partial charge in [-0.2, -0.15) is 0 Å². The van der Waals surface area contributed by atoms with Crippen LogP contribution < -0.4 is 16.0 Å². The van der Waals surface area contributed by atoms with Crippen LogP contribution in [0.5, 0.6) is 0 Å². The number of hydrogen-bond acceptors (Lipinski definition) is 4. The third-order valence-corrected chi connectivity index (χ3v) is 5.55. The number of amides is 1. The second-order valence-electron chi connectivity index (χ2n) is 7.63. The van der Waals surface area contributed by atoms with E-state index in [4.69, 9.17) is 5.41 Å². The molecule has 0 spiro atoms. The Balaban J connectivity index is 1.69. The van der Waals surface area contributed by atoms with Crippen molar-refractivity contribution in [1.29, 1.82) is 5.41 Å². The second kappa shape index (κ2) is 6.55. The summed E-state index contributed by atoms with van der Waals surface area (Å²) in [6, 6.07) is 7.74. The van der Waals surface area contributed by atoms with Crippen molar-refractivity contribution in [3.05, 3.63) is 29.8 Å². The second-order valence-corrected chi connectivity index (χ2v) is 7.63. The molecule has 3 rings (SSSR count). The number of carbonyl (C=O) groups is 1. The first kappa shape index (κ1) is 17.0. The smallest absolute Gasteiger partial charge is 0.223 e. The van der Waals surface area contributed by atoms with E-state index in [1.165, 1.54) is 0 Å². The van der Waals surface area contributed by atoms with Crippen LogP contribution in [0.1, 0.15) is 32.3 Å². The first-order chi connectivity index (χ1) is 11.4. The summed E-state index contributed by atoms with van der Waals surface area (Å²) >= 11 is 0. The van der Waals surface area contributed by atoms with Gasteiger partial charge in [0.15, 0.2) is 0 Å². The van der Waals surface area contributed by atoms with Crippen molar-refractivity contribution in [3.8, 4) is 0 Å². The fourth-order valence-corrected chi connectivity index (χ4v) is 4.11. The normalized spacial score (nSPS) is 26.0. The summed E-state index contributed by atoms with van der Waals surface area (Å²) < 4.78 is 0. The molecule has 24 heavy (non-hydrogen) atoms. The van der Waals surface area contributed by atoms with Crippen LogP contribution in [0.3, 0.4) is 0 Å². The molecule has 1 heterocycles. The van der Waals surface area contributed by atoms with Gasteiger partial charge in [0, 0.05) is 24.2 Å². The SMILES string of the molecule is CNc1ccccc1C(=N)C(C)(C)NC(=O)C1C[C@H]2CNC[C@H]2C1. The molecule has 1 saturated heterocycles. The standard InChI is InChI=1S/C19H28N4O/c1-19(2,17(20)15-6-4-5-7-16(15)21-3)23-18(24)12-8-13-10-22-11-14(13)9-12/h4-7,12-14,20-22H,8-11H2,1-3H3,(H,23,24)/t12?,13-,14+. The molecule has 3 atom stereocenters. The van der Waals surface area contributed by atoms with Gasteiger partial charge in [0.1, 0.15) is 0 Å². The Morgan fingerprint density at radius 2 is 1.83 bits per heavy atom. The van der Waals surface area contributed by atoms with Crippen LogP contribution in [0.4, 0.5) is 5.69 Å². The van der Waals surface area contributed by atoms with Crippen molar-refractivity contribution in [2.45, 2.75) is 32.2 Å². The molecule has 1 aliphatic heterocycles. The van der Waals surface area contributed by atoms with Crippen LogP contribution in [0.25, 0.3) is 0 Å². The quantitative estimate of drug-likeness (QED) is 0.626. The summed E-state index contributed by atoms with van der Waals surface area (Å²) in [6.07, 6.45) is 1.94. The van der Waals surface area contributed by atoms with Crippen LogP contribution in [0, 0.1) is 23.2 Å². The molecule has 130 valence electrons. The van der Waals surface area contributed by atoms with Crippen LogP contribution in [0.15, 0.2) is 24.3 Å². The molecule has 5 nitrogen and oxygen atoms in total. The Bertz CT molecular complexity index is 628. The van der Waals surface area contributed by atoms with E-state index in [0.717, 1.165) is 37.2 Å². The number of anilines is 1. The fraction of sp³-hybridized carbons (Fsp3) is 0.579. The van der Waals surface area contributed by atoms with Crippen molar-refractivity contribution >= 4 is 17.3 Å². The highest BCUT2D eigenvalue weighted by molar-refractivity contribution is 6.10. The lowest BCUT2D eigenvalue weighted by Crippen LogP contribution is -2.51.